The molecule has 1 aromatic heterocycles. The van der Waals surface area contributed by atoms with Crippen molar-refractivity contribution in [1.82, 2.24) is 9.55 Å². The van der Waals surface area contributed by atoms with Crippen LogP contribution in [0.15, 0.2) is 42.7 Å². The van der Waals surface area contributed by atoms with Gasteiger partial charge in [-0.2, -0.15) is 0 Å². The standard InChI is InChI=1S/C14H16N2O2/c1-2-4-12(5-3-1)14-15-6-7-16(14)10-13-11-17-8-9-18-13/h1-7,13H,8-11H2. The summed E-state index contributed by atoms with van der Waals surface area (Å²) in [6.07, 6.45) is 3.93. The third kappa shape index (κ3) is 2.44. The van der Waals surface area contributed by atoms with Crippen LogP contribution >= 0.6 is 0 Å². The first-order chi connectivity index (χ1) is 8.93. The summed E-state index contributed by atoms with van der Waals surface area (Å²) in [5.41, 5.74) is 1.12. The number of nitrogens with zero attached hydrogens (tertiary/aromatic N) is 2. The first-order valence-electron chi connectivity index (χ1n) is 6.19. The second-order valence-corrected chi connectivity index (χ2v) is 4.34. The molecule has 18 heavy (non-hydrogen) atoms. The predicted octanol–water partition coefficient (Wildman–Crippen LogP) is 1.97. The van der Waals surface area contributed by atoms with E-state index in [1.54, 1.807) is 0 Å². The minimum absolute atomic E-state index is 0.121. The molecular formula is C14H16N2O2. The SMILES string of the molecule is c1ccc(-c2nccn2CC2COCCO2)cc1. The van der Waals surface area contributed by atoms with E-state index in [2.05, 4.69) is 21.7 Å². The molecule has 1 aliphatic rings. The fourth-order valence-electron chi connectivity index (χ4n) is 2.17. The smallest absolute Gasteiger partial charge is 0.139 e. The van der Waals surface area contributed by atoms with Crippen LogP contribution in [0, 0.1) is 0 Å². The zero-order valence-electron chi connectivity index (χ0n) is 10.2. The van der Waals surface area contributed by atoms with Gasteiger partial charge in [-0.3, -0.25) is 0 Å². The quantitative estimate of drug-likeness (QED) is 0.828. The van der Waals surface area contributed by atoms with Crippen molar-refractivity contribution in [2.75, 3.05) is 19.8 Å². The van der Waals surface area contributed by atoms with Gasteiger partial charge in [0.2, 0.25) is 0 Å². The maximum atomic E-state index is 5.67. The summed E-state index contributed by atoms with van der Waals surface area (Å²) < 4.78 is 13.2. The van der Waals surface area contributed by atoms with E-state index in [9.17, 15) is 0 Å². The number of ether oxygens (including phenoxy) is 2. The Morgan fingerprint density at radius 3 is 2.89 bits per heavy atom. The number of imidazole rings is 1. The number of hydrogen-bond acceptors (Lipinski definition) is 3. The fourth-order valence-corrected chi connectivity index (χ4v) is 2.17. The van der Waals surface area contributed by atoms with Gasteiger partial charge >= 0.3 is 0 Å². The minimum atomic E-state index is 0.121. The molecule has 1 unspecified atom stereocenters. The molecule has 1 aliphatic heterocycles. The zero-order chi connectivity index (χ0) is 12.2. The maximum Gasteiger partial charge on any atom is 0.139 e. The van der Waals surface area contributed by atoms with Crippen LogP contribution in [-0.4, -0.2) is 35.5 Å². The summed E-state index contributed by atoms with van der Waals surface area (Å²) in [5.74, 6) is 0.977. The van der Waals surface area contributed by atoms with Gasteiger partial charge < -0.3 is 14.0 Å². The van der Waals surface area contributed by atoms with Gasteiger partial charge in [0.1, 0.15) is 5.82 Å². The van der Waals surface area contributed by atoms with Gasteiger partial charge in [0, 0.05) is 18.0 Å². The van der Waals surface area contributed by atoms with Crippen molar-refractivity contribution in [3.63, 3.8) is 0 Å². The molecule has 1 saturated heterocycles. The zero-order valence-corrected chi connectivity index (χ0v) is 10.2. The van der Waals surface area contributed by atoms with E-state index in [1.807, 2.05) is 30.6 Å². The first kappa shape index (κ1) is 11.4. The normalized spacial score (nSPS) is 19.9. The van der Waals surface area contributed by atoms with Crippen molar-refractivity contribution in [2.45, 2.75) is 12.6 Å². The number of hydrogen-bond donors (Lipinski definition) is 0. The van der Waals surface area contributed by atoms with Crippen molar-refractivity contribution in [3.8, 4) is 11.4 Å². The Labute approximate surface area is 106 Å². The van der Waals surface area contributed by atoms with E-state index >= 15 is 0 Å². The highest BCUT2D eigenvalue weighted by Crippen LogP contribution is 2.18. The highest BCUT2D eigenvalue weighted by molar-refractivity contribution is 5.55. The molecule has 0 aliphatic carbocycles. The van der Waals surface area contributed by atoms with E-state index in [-0.39, 0.29) is 6.10 Å². The van der Waals surface area contributed by atoms with E-state index in [0.29, 0.717) is 19.8 Å². The summed E-state index contributed by atoms with van der Waals surface area (Å²) in [6.45, 7) is 2.82. The van der Waals surface area contributed by atoms with Gasteiger partial charge in [-0.25, -0.2) is 4.98 Å². The third-order valence-electron chi connectivity index (χ3n) is 3.03. The van der Waals surface area contributed by atoms with E-state index in [0.717, 1.165) is 17.9 Å². The van der Waals surface area contributed by atoms with Crippen LogP contribution in [0.4, 0.5) is 0 Å². The van der Waals surface area contributed by atoms with Gasteiger partial charge in [-0.05, 0) is 0 Å². The Morgan fingerprint density at radius 1 is 1.22 bits per heavy atom. The summed E-state index contributed by atoms with van der Waals surface area (Å²) in [7, 11) is 0. The molecule has 1 fully saturated rings. The monoisotopic (exact) mass is 244 g/mol. The molecule has 0 N–H and O–H groups in total. The van der Waals surface area contributed by atoms with E-state index in [1.165, 1.54) is 0 Å². The Kier molecular flexibility index (Phi) is 3.39. The minimum Gasteiger partial charge on any atom is -0.376 e. The van der Waals surface area contributed by atoms with Crippen molar-refractivity contribution < 1.29 is 9.47 Å². The van der Waals surface area contributed by atoms with Crippen LogP contribution in [0.25, 0.3) is 11.4 Å². The van der Waals surface area contributed by atoms with E-state index < -0.39 is 0 Å². The van der Waals surface area contributed by atoms with Gasteiger partial charge in [0.05, 0.1) is 32.5 Å². The Morgan fingerprint density at radius 2 is 2.11 bits per heavy atom. The highest BCUT2D eigenvalue weighted by Gasteiger charge is 2.16. The fraction of sp³-hybridized carbons (Fsp3) is 0.357. The van der Waals surface area contributed by atoms with Crippen molar-refractivity contribution in [3.05, 3.63) is 42.7 Å². The lowest BCUT2D eigenvalue weighted by Gasteiger charge is -2.23. The van der Waals surface area contributed by atoms with Gasteiger partial charge in [0.15, 0.2) is 0 Å². The highest BCUT2D eigenvalue weighted by atomic mass is 16.6. The van der Waals surface area contributed by atoms with Crippen LogP contribution in [0.3, 0.4) is 0 Å². The maximum absolute atomic E-state index is 5.67. The molecule has 94 valence electrons. The molecular weight excluding hydrogens is 228 g/mol. The summed E-state index contributed by atoms with van der Waals surface area (Å²) in [6, 6.07) is 10.2. The lowest BCUT2D eigenvalue weighted by molar-refractivity contribution is -0.0934. The molecule has 2 aromatic rings. The van der Waals surface area contributed by atoms with Crippen LogP contribution in [0.5, 0.6) is 0 Å². The molecule has 1 atom stereocenters. The average Bonchev–Trinajstić information content (AvgIpc) is 2.89. The molecule has 4 heteroatoms. The molecule has 0 amide bonds. The molecule has 4 nitrogen and oxygen atoms in total. The van der Waals surface area contributed by atoms with Gasteiger partial charge in [-0.1, -0.05) is 30.3 Å². The van der Waals surface area contributed by atoms with Crippen LogP contribution < -0.4 is 0 Å². The molecule has 0 radical (unpaired) electrons. The summed E-state index contributed by atoms with van der Waals surface area (Å²) in [4.78, 5) is 4.42. The molecule has 3 rings (SSSR count). The summed E-state index contributed by atoms with van der Waals surface area (Å²) in [5, 5.41) is 0. The second kappa shape index (κ2) is 5.33. The Balaban J connectivity index is 1.79. The van der Waals surface area contributed by atoms with Crippen molar-refractivity contribution in [2.24, 2.45) is 0 Å². The molecule has 2 heterocycles. The second-order valence-electron chi connectivity index (χ2n) is 4.34. The van der Waals surface area contributed by atoms with E-state index in [4.69, 9.17) is 9.47 Å². The van der Waals surface area contributed by atoms with Gasteiger partial charge in [-0.15, -0.1) is 0 Å². The molecule has 0 spiro atoms. The predicted molar refractivity (Wildman–Crippen MR) is 68.2 cm³/mol. The third-order valence-corrected chi connectivity index (χ3v) is 3.03. The lowest BCUT2D eigenvalue weighted by atomic mass is 10.2. The topological polar surface area (TPSA) is 36.3 Å². The van der Waals surface area contributed by atoms with Crippen molar-refractivity contribution in [1.29, 1.82) is 0 Å². The Bertz CT molecular complexity index is 490. The lowest BCUT2D eigenvalue weighted by Crippen LogP contribution is -2.32. The molecule has 1 aromatic carbocycles. The largest absolute Gasteiger partial charge is 0.376 e. The Hall–Kier alpha value is -1.65. The van der Waals surface area contributed by atoms with Crippen LogP contribution in [-0.2, 0) is 16.0 Å². The van der Waals surface area contributed by atoms with Crippen LogP contribution in [0.2, 0.25) is 0 Å². The van der Waals surface area contributed by atoms with Crippen molar-refractivity contribution >= 4 is 0 Å². The average molecular weight is 244 g/mol. The van der Waals surface area contributed by atoms with Gasteiger partial charge in [0.25, 0.3) is 0 Å². The molecule has 0 saturated carbocycles. The first-order valence-corrected chi connectivity index (χ1v) is 6.19. The number of benzene rings is 1. The number of rotatable bonds is 3. The number of aromatic nitrogens is 2. The molecule has 0 bridgehead atoms. The summed E-state index contributed by atoms with van der Waals surface area (Å²) >= 11 is 0. The van der Waals surface area contributed by atoms with Crippen LogP contribution in [0.1, 0.15) is 0 Å².